The summed E-state index contributed by atoms with van der Waals surface area (Å²) in [4.78, 5) is 30.0. The van der Waals surface area contributed by atoms with Gasteiger partial charge in [0.25, 0.3) is 5.56 Å². The van der Waals surface area contributed by atoms with Crippen LogP contribution in [0.3, 0.4) is 0 Å². The third-order valence-electron chi connectivity index (χ3n) is 4.76. The van der Waals surface area contributed by atoms with Gasteiger partial charge in [-0.1, -0.05) is 59.8 Å². The van der Waals surface area contributed by atoms with E-state index in [0.717, 1.165) is 11.3 Å². The SMILES string of the molecule is COC(=O)c1ccc2c(=O)n(-c3ccccc3)c(SCc3ccc(C)cc3)nc2c1. The lowest BCUT2D eigenvalue weighted by atomic mass is 10.1. The maximum absolute atomic E-state index is 13.3. The molecule has 0 bridgehead atoms. The van der Waals surface area contributed by atoms with Crippen molar-refractivity contribution in [1.29, 1.82) is 0 Å². The van der Waals surface area contributed by atoms with Crippen molar-refractivity contribution in [2.45, 2.75) is 17.8 Å². The van der Waals surface area contributed by atoms with Gasteiger partial charge in [0, 0.05) is 5.75 Å². The normalized spacial score (nSPS) is 10.9. The highest BCUT2D eigenvalue weighted by Gasteiger charge is 2.15. The number of fused-ring (bicyclic) bond motifs is 1. The molecule has 0 aliphatic heterocycles. The highest BCUT2D eigenvalue weighted by Crippen LogP contribution is 2.25. The van der Waals surface area contributed by atoms with E-state index in [2.05, 4.69) is 24.3 Å². The average molecular weight is 417 g/mol. The second-order valence-corrected chi connectivity index (χ2v) is 7.81. The van der Waals surface area contributed by atoms with Gasteiger partial charge in [0.15, 0.2) is 5.16 Å². The second-order valence-electron chi connectivity index (χ2n) is 6.87. The minimum Gasteiger partial charge on any atom is -0.465 e. The summed E-state index contributed by atoms with van der Waals surface area (Å²) in [7, 11) is 1.33. The summed E-state index contributed by atoms with van der Waals surface area (Å²) in [6.07, 6.45) is 0. The predicted molar refractivity (Wildman–Crippen MR) is 119 cm³/mol. The number of benzene rings is 3. The molecule has 1 aromatic heterocycles. The predicted octanol–water partition coefficient (Wildman–Crippen LogP) is 4.77. The molecule has 0 atom stereocenters. The van der Waals surface area contributed by atoms with Crippen LogP contribution in [0.2, 0.25) is 0 Å². The van der Waals surface area contributed by atoms with Crippen molar-refractivity contribution < 1.29 is 9.53 Å². The van der Waals surface area contributed by atoms with Crippen LogP contribution in [0.4, 0.5) is 0 Å². The van der Waals surface area contributed by atoms with Crippen LogP contribution in [0.15, 0.2) is 82.7 Å². The Morgan fingerprint density at radius 2 is 1.77 bits per heavy atom. The molecule has 0 unspecified atom stereocenters. The third-order valence-corrected chi connectivity index (χ3v) is 5.77. The number of carbonyl (C=O) groups is 1. The van der Waals surface area contributed by atoms with Crippen LogP contribution in [-0.4, -0.2) is 22.6 Å². The number of esters is 1. The van der Waals surface area contributed by atoms with Gasteiger partial charge in [-0.25, -0.2) is 9.78 Å². The van der Waals surface area contributed by atoms with Crippen LogP contribution in [0.25, 0.3) is 16.6 Å². The van der Waals surface area contributed by atoms with Crippen LogP contribution >= 0.6 is 11.8 Å². The molecule has 0 aliphatic rings. The number of thioether (sulfide) groups is 1. The molecule has 150 valence electrons. The lowest BCUT2D eigenvalue weighted by molar-refractivity contribution is 0.0601. The van der Waals surface area contributed by atoms with E-state index in [1.54, 1.807) is 22.8 Å². The van der Waals surface area contributed by atoms with E-state index in [4.69, 9.17) is 9.72 Å². The number of ether oxygens (including phenoxy) is 1. The molecule has 5 nitrogen and oxygen atoms in total. The Labute approximate surface area is 178 Å². The van der Waals surface area contributed by atoms with Gasteiger partial charge in [-0.05, 0) is 42.8 Å². The van der Waals surface area contributed by atoms with Crippen LogP contribution in [0, 0.1) is 6.92 Å². The highest BCUT2D eigenvalue weighted by molar-refractivity contribution is 7.98. The first-order valence-corrected chi connectivity index (χ1v) is 10.4. The maximum atomic E-state index is 13.3. The largest absolute Gasteiger partial charge is 0.465 e. The molecule has 0 aliphatic carbocycles. The number of methoxy groups -OCH3 is 1. The molecule has 0 radical (unpaired) electrons. The van der Waals surface area contributed by atoms with Gasteiger partial charge < -0.3 is 4.74 Å². The van der Waals surface area contributed by atoms with E-state index in [9.17, 15) is 9.59 Å². The van der Waals surface area contributed by atoms with E-state index < -0.39 is 5.97 Å². The van der Waals surface area contributed by atoms with E-state index in [1.165, 1.54) is 24.4 Å². The molecule has 0 spiro atoms. The monoisotopic (exact) mass is 416 g/mol. The molecule has 0 N–H and O–H groups in total. The number of hydrogen-bond acceptors (Lipinski definition) is 5. The van der Waals surface area contributed by atoms with Crippen molar-refractivity contribution in [2.24, 2.45) is 0 Å². The molecule has 0 saturated heterocycles. The molecule has 4 rings (SSSR count). The Bertz CT molecular complexity index is 1270. The van der Waals surface area contributed by atoms with Crippen molar-refractivity contribution in [3.63, 3.8) is 0 Å². The van der Waals surface area contributed by atoms with Crippen molar-refractivity contribution in [2.75, 3.05) is 7.11 Å². The molecule has 0 saturated carbocycles. The number of aromatic nitrogens is 2. The summed E-state index contributed by atoms with van der Waals surface area (Å²) in [5.41, 5.74) is 3.76. The molecule has 6 heteroatoms. The Morgan fingerprint density at radius 1 is 1.03 bits per heavy atom. The molecule has 3 aromatic carbocycles. The third kappa shape index (κ3) is 4.00. The minimum absolute atomic E-state index is 0.172. The Balaban J connectivity index is 1.84. The standard InChI is InChI=1S/C24H20N2O3S/c1-16-8-10-17(11-9-16)15-30-24-25-21-14-18(23(28)29-2)12-13-20(21)22(27)26(24)19-6-4-3-5-7-19/h3-14H,15H2,1-2H3. The summed E-state index contributed by atoms with van der Waals surface area (Å²) >= 11 is 1.49. The van der Waals surface area contributed by atoms with Gasteiger partial charge in [-0.2, -0.15) is 0 Å². The quantitative estimate of drug-likeness (QED) is 0.266. The summed E-state index contributed by atoms with van der Waals surface area (Å²) in [6, 6.07) is 22.6. The Hall–Kier alpha value is -3.38. The topological polar surface area (TPSA) is 61.2 Å². The van der Waals surface area contributed by atoms with Gasteiger partial charge in [0.05, 0.1) is 29.3 Å². The Morgan fingerprint density at radius 3 is 2.47 bits per heavy atom. The summed E-state index contributed by atoms with van der Waals surface area (Å²) in [5.74, 6) is 0.210. The fraction of sp³-hybridized carbons (Fsp3) is 0.125. The number of hydrogen-bond donors (Lipinski definition) is 0. The van der Waals surface area contributed by atoms with Gasteiger partial charge >= 0.3 is 5.97 Å². The van der Waals surface area contributed by atoms with E-state index in [-0.39, 0.29) is 5.56 Å². The maximum Gasteiger partial charge on any atom is 0.337 e. The number of aryl methyl sites for hydroxylation is 1. The van der Waals surface area contributed by atoms with Crippen molar-refractivity contribution in [3.05, 3.63) is 99.8 Å². The summed E-state index contributed by atoms with van der Waals surface area (Å²) < 4.78 is 6.42. The second kappa shape index (κ2) is 8.55. The zero-order valence-corrected chi connectivity index (χ0v) is 17.5. The molecule has 0 amide bonds. The smallest absolute Gasteiger partial charge is 0.337 e. The number of carbonyl (C=O) groups excluding carboxylic acids is 1. The fourth-order valence-corrected chi connectivity index (χ4v) is 4.11. The fourth-order valence-electron chi connectivity index (χ4n) is 3.14. The number of rotatable bonds is 5. The zero-order valence-electron chi connectivity index (χ0n) is 16.7. The van der Waals surface area contributed by atoms with Crippen LogP contribution in [0.1, 0.15) is 21.5 Å². The van der Waals surface area contributed by atoms with E-state index in [1.807, 2.05) is 37.3 Å². The van der Waals surface area contributed by atoms with Gasteiger partial charge in [0.1, 0.15) is 0 Å². The lowest BCUT2D eigenvalue weighted by Gasteiger charge is -2.13. The van der Waals surface area contributed by atoms with E-state index in [0.29, 0.717) is 27.4 Å². The van der Waals surface area contributed by atoms with Crippen molar-refractivity contribution >= 4 is 28.6 Å². The number of nitrogens with zero attached hydrogens (tertiary/aromatic N) is 2. The van der Waals surface area contributed by atoms with Gasteiger partial charge in [-0.15, -0.1) is 0 Å². The van der Waals surface area contributed by atoms with E-state index >= 15 is 0 Å². The number of para-hydroxylation sites is 1. The molecule has 0 fully saturated rings. The lowest BCUT2D eigenvalue weighted by Crippen LogP contribution is -2.22. The molecule has 30 heavy (non-hydrogen) atoms. The minimum atomic E-state index is -0.459. The first-order chi connectivity index (χ1) is 14.6. The van der Waals surface area contributed by atoms with Gasteiger partial charge in [0.2, 0.25) is 0 Å². The van der Waals surface area contributed by atoms with Crippen molar-refractivity contribution in [1.82, 2.24) is 9.55 Å². The first kappa shape index (κ1) is 19.9. The zero-order chi connectivity index (χ0) is 21.1. The van der Waals surface area contributed by atoms with Crippen LogP contribution in [-0.2, 0) is 10.5 Å². The molecule has 4 aromatic rings. The first-order valence-electron chi connectivity index (χ1n) is 9.46. The molecule has 1 heterocycles. The van der Waals surface area contributed by atoms with Crippen LogP contribution < -0.4 is 5.56 Å². The highest BCUT2D eigenvalue weighted by atomic mass is 32.2. The molecular formula is C24H20N2O3S. The molecular weight excluding hydrogens is 396 g/mol. The summed E-state index contributed by atoms with van der Waals surface area (Å²) in [5, 5.41) is 1.02. The van der Waals surface area contributed by atoms with Crippen molar-refractivity contribution in [3.8, 4) is 5.69 Å². The Kier molecular flexibility index (Phi) is 5.68. The van der Waals surface area contributed by atoms with Gasteiger partial charge in [-0.3, -0.25) is 9.36 Å². The van der Waals surface area contributed by atoms with Crippen LogP contribution in [0.5, 0.6) is 0 Å². The average Bonchev–Trinajstić information content (AvgIpc) is 2.78. The summed E-state index contributed by atoms with van der Waals surface area (Å²) in [6.45, 7) is 2.05.